The van der Waals surface area contributed by atoms with Crippen molar-refractivity contribution in [2.45, 2.75) is 51.6 Å². The number of aromatic nitrogens is 1. The summed E-state index contributed by atoms with van der Waals surface area (Å²) in [4.78, 5) is 14.9. The Bertz CT molecular complexity index is 718. The molecule has 1 aliphatic carbocycles. The second-order valence-corrected chi connectivity index (χ2v) is 7.30. The standard InChI is InChI=1S/C12H9FN2O.C9H18O/c13-10-3-1-2-8(6-10)11-5-4-9(7-15-11)12(14)16;1-9(2,10)8-6-4-3-5-7-8/h1-7H,(H2,14,16);8,10H,3-7H2,1-2H3. The third kappa shape index (κ3) is 5.92. The van der Waals surface area contributed by atoms with Gasteiger partial charge in [0.25, 0.3) is 0 Å². The molecule has 0 bridgehead atoms. The van der Waals surface area contributed by atoms with Gasteiger partial charge in [-0.15, -0.1) is 0 Å². The van der Waals surface area contributed by atoms with E-state index in [0.29, 0.717) is 22.7 Å². The highest BCUT2D eigenvalue weighted by Gasteiger charge is 2.27. The highest BCUT2D eigenvalue weighted by molar-refractivity contribution is 5.92. The summed E-state index contributed by atoms with van der Waals surface area (Å²) in [6.07, 6.45) is 7.82. The van der Waals surface area contributed by atoms with Crippen LogP contribution in [0.5, 0.6) is 0 Å². The number of halogens is 1. The second-order valence-electron chi connectivity index (χ2n) is 7.30. The van der Waals surface area contributed by atoms with Gasteiger partial charge < -0.3 is 10.8 Å². The van der Waals surface area contributed by atoms with E-state index in [4.69, 9.17) is 5.73 Å². The molecule has 140 valence electrons. The fraction of sp³-hybridized carbons (Fsp3) is 0.429. The number of rotatable bonds is 3. The van der Waals surface area contributed by atoms with Crippen molar-refractivity contribution in [1.29, 1.82) is 0 Å². The molecule has 1 aromatic heterocycles. The van der Waals surface area contributed by atoms with E-state index in [1.165, 1.54) is 50.4 Å². The maximum Gasteiger partial charge on any atom is 0.250 e. The van der Waals surface area contributed by atoms with Crippen molar-refractivity contribution in [3.63, 3.8) is 0 Å². The number of hydrogen-bond acceptors (Lipinski definition) is 3. The van der Waals surface area contributed by atoms with E-state index in [9.17, 15) is 14.3 Å². The first-order valence-corrected chi connectivity index (χ1v) is 9.01. The van der Waals surface area contributed by atoms with E-state index in [2.05, 4.69) is 4.98 Å². The minimum absolute atomic E-state index is 0.321. The van der Waals surface area contributed by atoms with Crippen molar-refractivity contribution >= 4 is 5.91 Å². The van der Waals surface area contributed by atoms with Crippen LogP contribution >= 0.6 is 0 Å². The Hall–Kier alpha value is -2.27. The van der Waals surface area contributed by atoms with E-state index < -0.39 is 11.5 Å². The van der Waals surface area contributed by atoms with Gasteiger partial charge in [-0.25, -0.2) is 4.39 Å². The number of benzene rings is 1. The number of pyridine rings is 1. The number of hydrogen-bond donors (Lipinski definition) is 2. The monoisotopic (exact) mass is 358 g/mol. The molecule has 0 saturated heterocycles. The van der Waals surface area contributed by atoms with Crippen LogP contribution in [-0.4, -0.2) is 21.6 Å². The average molecular weight is 358 g/mol. The summed E-state index contributed by atoms with van der Waals surface area (Å²) in [5.41, 5.74) is 6.26. The molecule has 1 heterocycles. The maximum absolute atomic E-state index is 13.0. The molecule has 2 aromatic rings. The minimum atomic E-state index is -0.529. The fourth-order valence-electron chi connectivity index (χ4n) is 3.17. The van der Waals surface area contributed by atoms with E-state index >= 15 is 0 Å². The third-order valence-corrected chi connectivity index (χ3v) is 4.77. The quantitative estimate of drug-likeness (QED) is 0.858. The summed E-state index contributed by atoms with van der Waals surface area (Å²) in [5, 5.41) is 9.64. The molecule has 5 heteroatoms. The number of aliphatic hydroxyl groups is 1. The van der Waals surface area contributed by atoms with Crippen molar-refractivity contribution in [3.05, 3.63) is 54.0 Å². The minimum Gasteiger partial charge on any atom is -0.390 e. The molecule has 0 unspecified atom stereocenters. The van der Waals surface area contributed by atoms with Crippen molar-refractivity contribution < 1.29 is 14.3 Å². The van der Waals surface area contributed by atoms with Crippen LogP contribution in [-0.2, 0) is 0 Å². The van der Waals surface area contributed by atoms with Gasteiger partial charge in [0.2, 0.25) is 5.91 Å². The maximum atomic E-state index is 13.0. The first-order valence-electron chi connectivity index (χ1n) is 9.01. The summed E-state index contributed by atoms with van der Waals surface area (Å²) in [5.74, 6) is -0.294. The van der Waals surface area contributed by atoms with Crippen LogP contribution in [0.15, 0.2) is 42.6 Å². The summed E-state index contributed by atoms with van der Waals surface area (Å²) in [7, 11) is 0. The molecule has 3 rings (SSSR count). The lowest BCUT2D eigenvalue weighted by atomic mass is 9.79. The highest BCUT2D eigenvalue weighted by atomic mass is 19.1. The van der Waals surface area contributed by atoms with Crippen LogP contribution in [0.3, 0.4) is 0 Å². The van der Waals surface area contributed by atoms with E-state index in [0.717, 1.165) is 0 Å². The lowest BCUT2D eigenvalue weighted by Crippen LogP contribution is -2.32. The van der Waals surface area contributed by atoms with Crippen LogP contribution in [0.2, 0.25) is 0 Å². The summed E-state index contributed by atoms with van der Waals surface area (Å²) < 4.78 is 13.0. The van der Waals surface area contributed by atoms with E-state index in [1.807, 2.05) is 13.8 Å². The van der Waals surface area contributed by atoms with Gasteiger partial charge in [-0.1, -0.05) is 31.4 Å². The van der Waals surface area contributed by atoms with Gasteiger partial charge >= 0.3 is 0 Å². The normalized spacial score (nSPS) is 15.1. The second kappa shape index (κ2) is 8.90. The van der Waals surface area contributed by atoms with Gasteiger partial charge in [-0.2, -0.15) is 0 Å². The third-order valence-electron chi connectivity index (χ3n) is 4.77. The van der Waals surface area contributed by atoms with Crippen molar-refractivity contribution in [2.75, 3.05) is 0 Å². The number of nitrogens with two attached hydrogens (primary N) is 1. The van der Waals surface area contributed by atoms with Crippen LogP contribution in [0, 0.1) is 11.7 Å². The number of carbonyl (C=O) groups excluding carboxylic acids is 1. The first-order chi connectivity index (χ1) is 12.3. The zero-order valence-corrected chi connectivity index (χ0v) is 15.4. The van der Waals surface area contributed by atoms with Crippen LogP contribution in [0.25, 0.3) is 11.3 Å². The molecule has 1 aliphatic rings. The van der Waals surface area contributed by atoms with Crippen molar-refractivity contribution in [1.82, 2.24) is 4.98 Å². The first kappa shape index (κ1) is 20.0. The molecule has 1 amide bonds. The fourth-order valence-corrected chi connectivity index (χ4v) is 3.17. The Kier molecular flexibility index (Phi) is 6.86. The van der Waals surface area contributed by atoms with Gasteiger partial charge in [0, 0.05) is 11.8 Å². The molecule has 1 fully saturated rings. The molecule has 0 atom stereocenters. The number of carbonyl (C=O) groups is 1. The smallest absolute Gasteiger partial charge is 0.250 e. The van der Waals surface area contributed by atoms with Crippen LogP contribution in [0.4, 0.5) is 4.39 Å². The molecule has 1 aromatic carbocycles. The number of amides is 1. The highest BCUT2D eigenvalue weighted by Crippen LogP contribution is 2.31. The van der Waals surface area contributed by atoms with Crippen LogP contribution in [0.1, 0.15) is 56.3 Å². The average Bonchev–Trinajstić information content (AvgIpc) is 2.62. The predicted molar refractivity (Wildman–Crippen MR) is 101 cm³/mol. The van der Waals surface area contributed by atoms with Gasteiger partial charge in [0.05, 0.1) is 16.9 Å². The van der Waals surface area contributed by atoms with Gasteiger partial charge in [-0.05, 0) is 56.9 Å². The van der Waals surface area contributed by atoms with Gasteiger partial charge in [-0.3, -0.25) is 9.78 Å². The molecule has 0 aliphatic heterocycles. The summed E-state index contributed by atoms with van der Waals surface area (Å²) in [6, 6.07) is 9.29. The summed E-state index contributed by atoms with van der Waals surface area (Å²) in [6.45, 7) is 3.87. The Morgan fingerprint density at radius 2 is 1.88 bits per heavy atom. The molecule has 0 spiro atoms. The Morgan fingerprint density at radius 1 is 1.19 bits per heavy atom. The Morgan fingerprint density at radius 3 is 2.35 bits per heavy atom. The molecule has 3 N–H and O–H groups in total. The number of nitrogens with zero attached hydrogens (tertiary/aromatic N) is 1. The Labute approximate surface area is 154 Å². The lowest BCUT2D eigenvalue weighted by Gasteiger charge is -2.32. The van der Waals surface area contributed by atoms with E-state index in [1.54, 1.807) is 24.3 Å². The molecule has 26 heavy (non-hydrogen) atoms. The van der Waals surface area contributed by atoms with Gasteiger partial charge in [0.1, 0.15) is 5.82 Å². The van der Waals surface area contributed by atoms with Crippen molar-refractivity contribution in [3.8, 4) is 11.3 Å². The van der Waals surface area contributed by atoms with Crippen molar-refractivity contribution in [2.24, 2.45) is 11.7 Å². The largest absolute Gasteiger partial charge is 0.390 e. The molecular formula is C21H27FN2O2. The summed E-state index contributed by atoms with van der Waals surface area (Å²) >= 11 is 0. The van der Waals surface area contributed by atoms with Crippen LogP contribution < -0.4 is 5.73 Å². The SMILES string of the molecule is CC(C)(O)C1CCCCC1.NC(=O)c1ccc(-c2cccc(F)c2)nc1. The molecule has 1 saturated carbocycles. The zero-order valence-electron chi connectivity index (χ0n) is 15.4. The predicted octanol–water partition coefficient (Wildman–Crippen LogP) is 4.32. The lowest BCUT2D eigenvalue weighted by molar-refractivity contribution is 0.000831. The number of primary amides is 1. The zero-order chi connectivity index (χ0) is 19.2. The Balaban J connectivity index is 0.000000209. The van der Waals surface area contributed by atoms with E-state index in [-0.39, 0.29) is 5.82 Å². The topological polar surface area (TPSA) is 76.2 Å². The molecule has 4 nitrogen and oxygen atoms in total. The molecule has 0 radical (unpaired) electrons. The van der Waals surface area contributed by atoms with Gasteiger partial charge in [0.15, 0.2) is 0 Å². The molecular weight excluding hydrogens is 331 g/mol.